The minimum Gasteiger partial charge on any atom is -0.350 e. The predicted octanol–water partition coefficient (Wildman–Crippen LogP) is 1.28. The maximum absolute atomic E-state index is 12.6. The van der Waals surface area contributed by atoms with Gasteiger partial charge in [-0.05, 0) is 19.5 Å². The van der Waals surface area contributed by atoms with Gasteiger partial charge in [0.1, 0.15) is 0 Å². The summed E-state index contributed by atoms with van der Waals surface area (Å²) in [6.07, 6.45) is 0. The lowest BCUT2D eigenvalue weighted by Crippen LogP contribution is -2.52. The molecule has 1 aliphatic heterocycles. The van der Waals surface area contributed by atoms with Gasteiger partial charge < -0.3 is 15.2 Å². The average molecular weight is 342 g/mol. The zero-order valence-corrected chi connectivity index (χ0v) is 14.9. The first-order chi connectivity index (χ1) is 12.1. The Hall–Kier alpha value is -2.18. The third-order valence-electron chi connectivity index (χ3n) is 5.03. The number of nitrogens with one attached hydrogen (secondary N) is 2. The molecule has 1 unspecified atom stereocenters. The van der Waals surface area contributed by atoms with Gasteiger partial charge in [-0.25, -0.2) is 0 Å². The molecule has 2 N–H and O–H groups in total. The second-order valence-electron chi connectivity index (χ2n) is 6.62. The molecule has 1 aliphatic rings. The number of carbonyl (C=O) groups excluding carboxylic acids is 1. The van der Waals surface area contributed by atoms with Crippen molar-refractivity contribution in [1.29, 1.82) is 0 Å². The molecule has 0 spiro atoms. The highest BCUT2D eigenvalue weighted by Gasteiger charge is 2.21. The van der Waals surface area contributed by atoms with Gasteiger partial charge in [0, 0.05) is 55.7 Å². The van der Waals surface area contributed by atoms with Crippen molar-refractivity contribution in [2.45, 2.75) is 19.9 Å². The Kier molecular flexibility index (Phi) is 5.50. The number of fused-ring (bicyclic) bond motifs is 1. The molecule has 134 valence electrons. The Bertz CT molecular complexity index is 793. The summed E-state index contributed by atoms with van der Waals surface area (Å²) in [5.41, 5.74) is 0.860. The predicted molar refractivity (Wildman–Crippen MR) is 100 cm³/mol. The maximum atomic E-state index is 12.6. The van der Waals surface area contributed by atoms with E-state index < -0.39 is 0 Å². The molecule has 1 atom stereocenters. The van der Waals surface area contributed by atoms with Crippen molar-refractivity contribution < 1.29 is 4.79 Å². The fourth-order valence-electron chi connectivity index (χ4n) is 3.38. The molecule has 1 fully saturated rings. The average Bonchev–Trinajstić information content (AvgIpc) is 2.65. The number of aromatic nitrogens is 1. The van der Waals surface area contributed by atoms with E-state index in [0.717, 1.165) is 38.1 Å². The first-order valence-corrected chi connectivity index (χ1v) is 8.95. The van der Waals surface area contributed by atoms with E-state index in [2.05, 4.69) is 33.9 Å². The fraction of sp³-hybridized carbons (Fsp3) is 0.474. The van der Waals surface area contributed by atoms with Gasteiger partial charge in [-0.2, -0.15) is 0 Å². The lowest BCUT2D eigenvalue weighted by molar-refractivity contribution is 0.0884. The van der Waals surface area contributed by atoms with E-state index in [4.69, 9.17) is 0 Å². The zero-order valence-electron chi connectivity index (χ0n) is 14.9. The number of carbonyl (C=O) groups is 1. The molecule has 1 aromatic carbocycles. The fourth-order valence-corrected chi connectivity index (χ4v) is 3.38. The minimum absolute atomic E-state index is 0.193. The van der Waals surface area contributed by atoms with Gasteiger partial charge in [0.2, 0.25) is 5.56 Å². The van der Waals surface area contributed by atoms with E-state index in [-0.39, 0.29) is 17.5 Å². The van der Waals surface area contributed by atoms with E-state index in [0.29, 0.717) is 17.6 Å². The van der Waals surface area contributed by atoms with Crippen LogP contribution in [0.4, 0.5) is 0 Å². The normalized spacial score (nSPS) is 17.5. The summed E-state index contributed by atoms with van der Waals surface area (Å²) in [6, 6.07) is 9.03. The van der Waals surface area contributed by atoms with Gasteiger partial charge in [0.05, 0.1) is 5.56 Å². The summed E-state index contributed by atoms with van der Waals surface area (Å²) >= 11 is 0. The largest absolute Gasteiger partial charge is 0.350 e. The van der Waals surface area contributed by atoms with Crippen LogP contribution in [0, 0.1) is 0 Å². The van der Waals surface area contributed by atoms with Crippen molar-refractivity contribution in [1.82, 2.24) is 20.1 Å². The summed E-state index contributed by atoms with van der Waals surface area (Å²) < 4.78 is 0. The number of pyridine rings is 1. The number of H-pyrrole nitrogens is 1. The number of para-hydroxylation sites is 1. The lowest BCUT2D eigenvalue weighted by Gasteiger charge is -2.37. The third kappa shape index (κ3) is 4.08. The first-order valence-electron chi connectivity index (χ1n) is 8.95. The molecule has 0 radical (unpaired) electrons. The molecular weight excluding hydrogens is 316 g/mol. The van der Waals surface area contributed by atoms with Crippen LogP contribution >= 0.6 is 0 Å². The van der Waals surface area contributed by atoms with Gasteiger partial charge >= 0.3 is 0 Å². The topological polar surface area (TPSA) is 68.4 Å². The summed E-state index contributed by atoms with van der Waals surface area (Å²) in [6.45, 7) is 10.2. The number of hydrogen-bond acceptors (Lipinski definition) is 4. The van der Waals surface area contributed by atoms with Gasteiger partial charge in [0.25, 0.3) is 5.91 Å². The Balaban J connectivity index is 1.64. The summed E-state index contributed by atoms with van der Waals surface area (Å²) in [7, 11) is 0. The molecular formula is C19H26N4O2. The molecule has 0 saturated carbocycles. The van der Waals surface area contributed by atoms with Crippen LogP contribution in [0.25, 0.3) is 10.9 Å². The highest BCUT2D eigenvalue weighted by molar-refractivity contribution is 6.05. The number of benzene rings is 1. The molecule has 3 rings (SSSR count). The first kappa shape index (κ1) is 17.6. The molecule has 2 aromatic rings. The van der Waals surface area contributed by atoms with Crippen LogP contribution in [0.1, 0.15) is 24.2 Å². The molecule has 0 bridgehead atoms. The van der Waals surface area contributed by atoms with Crippen molar-refractivity contribution in [3.05, 3.63) is 46.2 Å². The van der Waals surface area contributed by atoms with E-state index in [1.54, 1.807) is 0 Å². The van der Waals surface area contributed by atoms with Crippen LogP contribution in [-0.4, -0.2) is 66.0 Å². The SMILES string of the molecule is CCN1CCN(C(C)CNC(=O)c2cc(=O)[nH]c3ccccc23)CC1. The van der Waals surface area contributed by atoms with E-state index in [9.17, 15) is 9.59 Å². The van der Waals surface area contributed by atoms with Crippen LogP contribution in [0.15, 0.2) is 35.1 Å². The quantitative estimate of drug-likeness (QED) is 0.859. The van der Waals surface area contributed by atoms with Gasteiger partial charge in [-0.3, -0.25) is 14.5 Å². The number of amides is 1. The number of aromatic amines is 1. The van der Waals surface area contributed by atoms with Crippen LogP contribution in [0.2, 0.25) is 0 Å². The van der Waals surface area contributed by atoms with Crippen LogP contribution in [0.5, 0.6) is 0 Å². The summed E-state index contributed by atoms with van der Waals surface area (Å²) in [5, 5.41) is 3.76. The second-order valence-corrected chi connectivity index (χ2v) is 6.62. The van der Waals surface area contributed by atoms with Crippen molar-refractivity contribution in [3.8, 4) is 0 Å². The van der Waals surface area contributed by atoms with Crippen LogP contribution in [-0.2, 0) is 0 Å². The summed E-state index contributed by atoms with van der Waals surface area (Å²) in [4.78, 5) is 32.0. The molecule has 6 heteroatoms. The standard InChI is InChI=1S/C19H26N4O2/c1-3-22-8-10-23(11-9-22)14(2)13-20-19(25)16-12-18(24)21-17-7-5-4-6-15(16)17/h4-7,12,14H,3,8-11,13H2,1-2H3,(H,20,25)(H,21,24). The molecule has 6 nitrogen and oxygen atoms in total. The Morgan fingerprint density at radius 1 is 1.24 bits per heavy atom. The minimum atomic E-state index is -0.257. The molecule has 1 amide bonds. The van der Waals surface area contributed by atoms with Gasteiger partial charge in [-0.15, -0.1) is 0 Å². The van der Waals surface area contributed by atoms with E-state index in [1.807, 2.05) is 24.3 Å². The molecule has 2 heterocycles. The molecule has 1 aromatic heterocycles. The van der Waals surface area contributed by atoms with Gasteiger partial charge in [0.15, 0.2) is 0 Å². The van der Waals surface area contributed by atoms with Crippen molar-refractivity contribution >= 4 is 16.8 Å². The highest BCUT2D eigenvalue weighted by Crippen LogP contribution is 2.14. The second kappa shape index (κ2) is 7.80. The summed E-state index contributed by atoms with van der Waals surface area (Å²) in [5.74, 6) is -0.193. The maximum Gasteiger partial charge on any atom is 0.252 e. The van der Waals surface area contributed by atoms with E-state index >= 15 is 0 Å². The highest BCUT2D eigenvalue weighted by atomic mass is 16.2. The number of rotatable bonds is 5. The Morgan fingerprint density at radius 3 is 2.68 bits per heavy atom. The van der Waals surface area contributed by atoms with Crippen LogP contribution < -0.4 is 10.9 Å². The number of likely N-dealkylation sites (N-methyl/N-ethyl adjacent to an activating group) is 1. The third-order valence-corrected chi connectivity index (χ3v) is 5.03. The monoisotopic (exact) mass is 342 g/mol. The number of hydrogen-bond donors (Lipinski definition) is 2. The molecule has 1 saturated heterocycles. The van der Waals surface area contributed by atoms with E-state index in [1.165, 1.54) is 6.07 Å². The molecule has 25 heavy (non-hydrogen) atoms. The van der Waals surface area contributed by atoms with Crippen molar-refractivity contribution in [2.24, 2.45) is 0 Å². The smallest absolute Gasteiger partial charge is 0.252 e. The Morgan fingerprint density at radius 2 is 1.96 bits per heavy atom. The number of piperazine rings is 1. The van der Waals surface area contributed by atoms with Crippen molar-refractivity contribution in [3.63, 3.8) is 0 Å². The number of nitrogens with zero attached hydrogens (tertiary/aromatic N) is 2. The Labute approximate surface area is 147 Å². The zero-order chi connectivity index (χ0) is 17.8. The molecule has 0 aliphatic carbocycles. The van der Waals surface area contributed by atoms with Crippen LogP contribution in [0.3, 0.4) is 0 Å². The van der Waals surface area contributed by atoms with Crippen molar-refractivity contribution in [2.75, 3.05) is 39.3 Å². The lowest BCUT2D eigenvalue weighted by atomic mass is 10.1. The van der Waals surface area contributed by atoms with Gasteiger partial charge in [-0.1, -0.05) is 25.1 Å².